The van der Waals surface area contributed by atoms with Gasteiger partial charge in [0.1, 0.15) is 0 Å². The molecule has 1 rings (SSSR count). The van der Waals surface area contributed by atoms with Gasteiger partial charge in [-0.3, -0.25) is 4.89 Å². The van der Waals surface area contributed by atoms with Crippen molar-refractivity contribution in [3.8, 4) is 0 Å². The molecule has 0 spiro atoms. The van der Waals surface area contributed by atoms with Crippen molar-refractivity contribution < 1.29 is 14.6 Å². The molecule has 0 unspecified atom stereocenters. The minimum Gasteiger partial charge on any atom is -0.293 e. The Bertz CT molecular complexity index is 357. The summed E-state index contributed by atoms with van der Waals surface area (Å²) in [4.78, 5) is 21.1. The standard InChI is InChI=1S/C16H23O3/c1-3-5-7-8-14-9-11-15(12-10-14)16(17)19-18-13-6-4-2/h9-12H,2-8,13H2,1H3. The Morgan fingerprint density at radius 3 is 2.53 bits per heavy atom. The van der Waals surface area contributed by atoms with E-state index in [1.807, 2.05) is 12.1 Å². The SMILES string of the molecule is [CH2]CCCOOC(=O)c1ccc(CCCCC)cc1. The van der Waals surface area contributed by atoms with Gasteiger partial charge in [-0.05, 0) is 37.0 Å². The van der Waals surface area contributed by atoms with Crippen molar-refractivity contribution in [2.75, 3.05) is 6.61 Å². The summed E-state index contributed by atoms with van der Waals surface area (Å²) in [5, 5.41) is 0. The van der Waals surface area contributed by atoms with E-state index in [9.17, 15) is 4.79 Å². The van der Waals surface area contributed by atoms with Gasteiger partial charge in [-0.15, -0.1) is 0 Å². The van der Waals surface area contributed by atoms with E-state index in [2.05, 4.69) is 13.8 Å². The number of benzene rings is 1. The summed E-state index contributed by atoms with van der Waals surface area (Å²) in [5.41, 5.74) is 1.77. The molecule has 0 saturated heterocycles. The molecule has 3 heteroatoms. The van der Waals surface area contributed by atoms with Crippen molar-refractivity contribution in [3.63, 3.8) is 0 Å². The molecule has 0 aromatic heterocycles. The summed E-state index contributed by atoms with van der Waals surface area (Å²) >= 11 is 0. The Balaban J connectivity index is 2.35. The lowest BCUT2D eigenvalue weighted by Gasteiger charge is -2.04. The van der Waals surface area contributed by atoms with Gasteiger partial charge in [0.05, 0.1) is 12.2 Å². The molecule has 0 aliphatic carbocycles. The molecule has 0 heterocycles. The zero-order valence-corrected chi connectivity index (χ0v) is 11.7. The van der Waals surface area contributed by atoms with Crippen LogP contribution in [0.2, 0.25) is 0 Å². The predicted octanol–water partition coefficient (Wildman–Crippen LogP) is 4.12. The van der Waals surface area contributed by atoms with E-state index in [0.717, 1.165) is 19.3 Å². The maximum absolute atomic E-state index is 11.6. The van der Waals surface area contributed by atoms with Gasteiger partial charge >= 0.3 is 5.97 Å². The lowest BCUT2D eigenvalue weighted by atomic mass is 10.1. The smallest absolute Gasteiger partial charge is 0.293 e. The molecule has 0 saturated carbocycles. The molecule has 1 aromatic rings. The third-order valence-electron chi connectivity index (χ3n) is 2.87. The van der Waals surface area contributed by atoms with E-state index < -0.39 is 5.97 Å². The Kier molecular flexibility index (Phi) is 7.91. The minimum absolute atomic E-state index is 0.393. The van der Waals surface area contributed by atoms with Crippen molar-refractivity contribution in [2.45, 2.75) is 45.4 Å². The molecule has 3 nitrogen and oxygen atoms in total. The van der Waals surface area contributed by atoms with E-state index in [1.54, 1.807) is 12.1 Å². The van der Waals surface area contributed by atoms with Crippen LogP contribution in [0.15, 0.2) is 24.3 Å². The Hall–Kier alpha value is -1.35. The summed E-state index contributed by atoms with van der Waals surface area (Å²) in [6, 6.07) is 7.52. The fourth-order valence-electron chi connectivity index (χ4n) is 1.69. The van der Waals surface area contributed by atoms with Crippen molar-refractivity contribution >= 4 is 5.97 Å². The first-order valence-corrected chi connectivity index (χ1v) is 7.00. The van der Waals surface area contributed by atoms with E-state index in [0.29, 0.717) is 12.2 Å². The minimum atomic E-state index is -0.441. The van der Waals surface area contributed by atoms with Crippen LogP contribution in [0.5, 0.6) is 0 Å². The molecular weight excluding hydrogens is 240 g/mol. The van der Waals surface area contributed by atoms with Gasteiger partial charge in [-0.1, -0.05) is 45.2 Å². The summed E-state index contributed by atoms with van der Waals surface area (Å²) in [7, 11) is 0. The molecule has 0 N–H and O–H groups in total. The monoisotopic (exact) mass is 263 g/mol. The fourth-order valence-corrected chi connectivity index (χ4v) is 1.69. The Morgan fingerprint density at radius 2 is 1.89 bits per heavy atom. The van der Waals surface area contributed by atoms with Gasteiger partial charge in [-0.2, -0.15) is 4.89 Å². The zero-order valence-electron chi connectivity index (χ0n) is 11.7. The Labute approximate surface area is 115 Å². The van der Waals surface area contributed by atoms with Crippen LogP contribution in [0.4, 0.5) is 0 Å². The van der Waals surface area contributed by atoms with E-state index in [-0.39, 0.29) is 0 Å². The van der Waals surface area contributed by atoms with Crippen LogP contribution in [0.25, 0.3) is 0 Å². The molecule has 0 fully saturated rings. The van der Waals surface area contributed by atoms with Crippen molar-refractivity contribution in [1.82, 2.24) is 0 Å². The van der Waals surface area contributed by atoms with Crippen molar-refractivity contribution in [3.05, 3.63) is 42.3 Å². The first-order chi connectivity index (χ1) is 9.27. The van der Waals surface area contributed by atoms with Crippen molar-refractivity contribution in [2.24, 2.45) is 0 Å². The van der Waals surface area contributed by atoms with Gasteiger partial charge in [-0.25, -0.2) is 4.79 Å². The quantitative estimate of drug-likeness (QED) is 0.382. The normalized spacial score (nSPS) is 10.4. The average molecular weight is 263 g/mol. The summed E-state index contributed by atoms with van der Waals surface area (Å²) < 4.78 is 0. The molecule has 0 aliphatic rings. The maximum Gasteiger partial charge on any atom is 0.373 e. The van der Waals surface area contributed by atoms with E-state index in [1.165, 1.54) is 24.8 Å². The number of carbonyl (C=O) groups excluding carboxylic acids is 1. The second-order valence-electron chi connectivity index (χ2n) is 4.55. The topological polar surface area (TPSA) is 35.5 Å². The number of carbonyl (C=O) groups is 1. The number of rotatable bonds is 9. The first-order valence-electron chi connectivity index (χ1n) is 7.00. The van der Waals surface area contributed by atoms with Gasteiger partial charge in [0, 0.05) is 0 Å². The molecule has 0 bridgehead atoms. The predicted molar refractivity (Wildman–Crippen MR) is 75.6 cm³/mol. The summed E-state index contributed by atoms with van der Waals surface area (Å²) in [6.07, 6.45) is 6.25. The third kappa shape index (κ3) is 6.39. The molecule has 19 heavy (non-hydrogen) atoms. The number of hydrogen-bond donors (Lipinski definition) is 0. The first kappa shape index (κ1) is 15.7. The largest absolute Gasteiger partial charge is 0.373 e. The lowest BCUT2D eigenvalue weighted by Crippen LogP contribution is -2.07. The average Bonchev–Trinajstić information content (AvgIpc) is 2.44. The highest BCUT2D eigenvalue weighted by molar-refractivity contribution is 5.88. The van der Waals surface area contributed by atoms with Crippen LogP contribution in [0.3, 0.4) is 0 Å². The molecule has 0 amide bonds. The second kappa shape index (κ2) is 9.56. The number of hydrogen-bond acceptors (Lipinski definition) is 3. The molecule has 0 atom stereocenters. The van der Waals surface area contributed by atoms with Gasteiger partial charge in [0.15, 0.2) is 0 Å². The van der Waals surface area contributed by atoms with Crippen molar-refractivity contribution in [1.29, 1.82) is 0 Å². The molecule has 0 aliphatic heterocycles. The summed E-state index contributed by atoms with van der Waals surface area (Å²) in [6.45, 7) is 6.26. The van der Waals surface area contributed by atoms with E-state index in [4.69, 9.17) is 9.78 Å². The van der Waals surface area contributed by atoms with Crippen LogP contribution < -0.4 is 0 Å². The van der Waals surface area contributed by atoms with Crippen LogP contribution in [-0.4, -0.2) is 12.6 Å². The van der Waals surface area contributed by atoms with Crippen LogP contribution in [-0.2, 0) is 16.2 Å². The highest BCUT2D eigenvalue weighted by Gasteiger charge is 2.07. The van der Waals surface area contributed by atoms with Gasteiger partial charge in [0.25, 0.3) is 0 Å². The molecule has 105 valence electrons. The molecule has 1 aromatic carbocycles. The Morgan fingerprint density at radius 1 is 1.16 bits per heavy atom. The van der Waals surface area contributed by atoms with Crippen LogP contribution >= 0.6 is 0 Å². The third-order valence-corrected chi connectivity index (χ3v) is 2.87. The summed E-state index contributed by atoms with van der Waals surface area (Å²) in [5.74, 6) is -0.441. The van der Waals surface area contributed by atoms with Gasteiger partial charge < -0.3 is 0 Å². The number of aryl methyl sites for hydroxylation is 1. The zero-order chi connectivity index (χ0) is 13.9. The van der Waals surface area contributed by atoms with E-state index >= 15 is 0 Å². The van der Waals surface area contributed by atoms with Crippen LogP contribution in [0, 0.1) is 6.92 Å². The molecular formula is C16H23O3. The maximum atomic E-state index is 11.6. The highest BCUT2D eigenvalue weighted by atomic mass is 17.2. The second-order valence-corrected chi connectivity index (χ2v) is 4.55. The highest BCUT2D eigenvalue weighted by Crippen LogP contribution is 2.10. The fraction of sp³-hybridized carbons (Fsp3) is 0.500. The number of unbranched alkanes of at least 4 members (excludes halogenated alkanes) is 3. The van der Waals surface area contributed by atoms with Crippen LogP contribution in [0.1, 0.15) is 54.9 Å². The van der Waals surface area contributed by atoms with Gasteiger partial charge in [0.2, 0.25) is 0 Å². The lowest BCUT2D eigenvalue weighted by molar-refractivity contribution is -0.241. The molecule has 1 radical (unpaired) electrons.